The predicted octanol–water partition coefficient (Wildman–Crippen LogP) is 0.226. The third-order valence-corrected chi connectivity index (χ3v) is 2.63. The van der Waals surface area contributed by atoms with Gasteiger partial charge in [0.1, 0.15) is 0 Å². The van der Waals surface area contributed by atoms with Gasteiger partial charge in [-0.15, -0.1) is 0 Å². The van der Waals surface area contributed by atoms with Gasteiger partial charge in [0.25, 0.3) is 5.56 Å². The molecule has 0 radical (unpaired) electrons. The Morgan fingerprint density at radius 1 is 1.50 bits per heavy atom. The molecule has 1 aromatic rings. The Morgan fingerprint density at radius 3 is 2.56 bits per heavy atom. The highest BCUT2D eigenvalue weighted by atomic mass is 16.2. The maximum atomic E-state index is 11.8. The molecule has 1 rings (SSSR count). The van der Waals surface area contributed by atoms with Gasteiger partial charge in [0.15, 0.2) is 5.82 Å². The van der Waals surface area contributed by atoms with Gasteiger partial charge in [0.05, 0.1) is 5.54 Å². The number of hydrogen-bond donors (Lipinski definition) is 3. The Balaban J connectivity index is 2.78. The summed E-state index contributed by atoms with van der Waals surface area (Å²) in [6.45, 7) is 3.70. The molecule has 0 saturated carbocycles. The SMILES string of the molecule is CCC(N)(CC)C(=O)Nc1ccc(=O)[nH]n1. The fourth-order valence-electron chi connectivity index (χ4n) is 1.23. The summed E-state index contributed by atoms with van der Waals surface area (Å²) in [5, 5.41) is 8.47. The van der Waals surface area contributed by atoms with Gasteiger partial charge in [0, 0.05) is 6.07 Å². The van der Waals surface area contributed by atoms with Gasteiger partial charge in [-0.2, -0.15) is 5.10 Å². The van der Waals surface area contributed by atoms with E-state index in [1.54, 1.807) is 0 Å². The van der Waals surface area contributed by atoms with Crippen LogP contribution in [0, 0.1) is 0 Å². The molecule has 4 N–H and O–H groups in total. The average molecular weight is 224 g/mol. The molecule has 88 valence electrons. The highest BCUT2D eigenvalue weighted by Crippen LogP contribution is 2.13. The van der Waals surface area contributed by atoms with E-state index >= 15 is 0 Å². The number of carbonyl (C=O) groups is 1. The molecule has 6 nitrogen and oxygen atoms in total. The number of carbonyl (C=O) groups excluding carboxylic acids is 1. The third-order valence-electron chi connectivity index (χ3n) is 2.63. The van der Waals surface area contributed by atoms with Crippen LogP contribution in [-0.2, 0) is 4.79 Å². The molecule has 0 bridgehead atoms. The van der Waals surface area contributed by atoms with E-state index < -0.39 is 5.54 Å². The van der Waals surface area contributed by atoms with Crippen LogP contribution in [0.25, 0.3) is 0 Å². The molecule has 6 heteroatoms. The second-order valence-corrected chi connectivity index (χ2v) is 3.62. The molecule has 1 aromatic heterocycles. The topological polar surface area (TPSA) is 101 Å². The molecule has 0 aromatic carbocycles. The molecule has 1 amide bonds. The number of hydrogen-bond acceptors (Lipinski definition) is 4. The van der Waals surface area contributed by atoms with Gasteiger partial charge in [-0.05, 0) is 18.9 Å². The largest absolute Gasteiger partial charge is 0.317 e. The number of aromatic nitrogens is 2. The van der Waals surface area contributed by atoms with E-state index in [1.165, 1.54) is 12.1 Å². The molecule has 16 heavy (non-hydrogen) atoms. The summed E-state index contributed by atoms with van der Waals surface area (Å²) in [5.74, 6) is -0.00151. The number of nitrogens with one attached hydrogen (secondary N) is 2. The zero-order valence-corrected chi connectivity index (χ0v) is 9.41. The van der Waals surface area contributed by atoms with E-state index in [-0.39, 0.29) is 11.5 Å². The van der Waals surface area contributed by atoms with Crippen molar-refractivity contribution in [3.05, 3.63) is 22.5 Å². The number of amides is 1. The zero-order valence-electron chi connectivity index (χ0n) is 9.41. The fraction of sp³-hybridized carbons (Fsp3) is 0.500. The van der Waals surface area contributed by atoms with Crippen LogP contribution in [0.5, 0.6) is 0 Å². The highest BCUT2D eigenvalue weighted by molar-refractivity contribution is 5.97. The van der Waals surface area contributed by atoms with Gasteiger partial charge in [-0.1, -0.05) is 13.8 Å². The molecule has 0 aliphatic heterocycles. The molecule has 0 aliphatic rings. The number of anilines is 1. The summed E-state index contributed by atoms with van der Waals surface area (Å²) in [7, 11) is 0. The fourth-order valence-corrected chi connectivity index (χ4v) is 1.23. The van der Waals surface area contributed by atoms with Crippen molar-refractivity contribution >= 4 is 11.7 Å². The van der Waals surface area contributed by atoms with Gasteiger partial charge < -0.3 is 11.1 Å². The first kappa shape index (κ1) is 12.4. The number of H-pyrrole nitrogens is 1. The lowest BCUT2D eigenvalue weighted by Crippen LogP contribution is -2.50. The van der Waals surface area contributed by atoms with Crippen LogP contribution < -0.4 is 16.6 Å². The molecule has 0 fully saturated rings. The molecule has 0 saturated heterocycles. The van der Waals surface area contributed by atoms with E-state index in [0.29, 0.717) is 18.7 Å². The van der Waals surface area contributed by atoms with Crippen molar-refractivity contribution in [1.29, 1.82) is 0 Å². The number of nitrogens with zero attached hydrogens (tertiary/aromatic N) is 1. The van der Waals surface area contributed by atoms with E-state index in [0.717, 1.165) is 0 Å². The van der Waals surface area contributed by atoms with Gasteiger partial charge in [0.2, 0.25) is 5.91 Å². The summed E-state index contributed by atoms with van der Waals surface area (Å²) in [5.41, 5.74) is 4.70. The minimum absolute atomic E-state index is 0.293. The third kappa shape index (κ3) is 2.66. The van der Waals surface area contributed by atoms with Crippen molar-refractivity contribution in [2.24, 2.45) is 5.73 Å². The molecular weight excluding hydrogens is 208 g/mol. The minimum atomic E-state index is -0.891. The van der Waals surface area contributed by atoms with Crippen LogP contribution in [0.2, 0.25) is 0 Å². The maximum Gasteiger partial charge on any atom is 0.264 e. The Morgan fingerprint density at radius 2 is 2.12 bits per heavy atom. The van der Waals surface area contributed by atoms with Crippen molar-refractivity contribution in [3.8, 4) is 0 Å². The van der Waals surface area contributed by atoms with Crippen molar-refractivity contribution in [1.82, 2.24) is 10.2 Å². The smallest absolute Gasteiger partial charge is 0.264 e. The number of aromatic amines is 1. The van der Waals surface area contributed by atoms with Crippen molar-refractivity contribution in [2.75, 3.05) is 5.32 Å². The first-order valence-corrected chi connectivity index (χ1v) is 5.18. The van der Waals surface area contributed by atoms with E-state index in [9.17, 15) is 9.59 Å². The molecule has 0 atom stereocenters. The van der Waals surface area contributed by atoms with Crippen LogP contribution in [-0.4, -0.2) is 21.6 Å². The summed E-state index contributed by atoms with van der Waals surface area (Å²) in [4.78, 5) is 22.6. The zero-order chi connectivity index (χ0) is 12.2. The molecule has 1 heterocycles. The maximum absolute atomic E-state index is 11.8. The summed E-state index contributed by atoms with van der Waals surface area (Å²) in [6, 6.07) is 2.72. The Hall–Kier alpha value is -1.69. The lowest BCUT2D eigenvalue weighted by atomic mass is 9.93. The van der Waals surface area contributed by atoms with Crippen LogP contribution in [0.3, 0.4) is 0 Å². The first-order valence-electron chi connectivity index (χ1n) is 5.18. The van der Waals surface area contributed by atoms with Crippen molar-refractivity contribution in [2.45, 2.75) is 32.2 Å². The molecular formula is C10H16N4O2. The Kier molecular flexibility index (Phi) is 3.78. The van der Waals surface area contributed by atoms with Crippen LogP contribution >= 0.6 is 0 Å². The van der Waals surface area contributed by atoms with Crippen molar-refractivity contribution in [3.63, 3.8) is 0 Å². The molecule has 0 aliphatic carbocycles. The average Bonchev–Trinajstić information content (AvgIpc) is 2.31. The van der Waals surface area contributed by atoms with Gasteiger partial charge in [-0.25, -0.2) is 5.10 Å². The lowest BCUT2D eigenvalue weighted by Gasteiger charge is -2.24. The van der Waals surface area contributed by atoms with Crippen LogP contribution in [0.1, 0.15) is 26.7 Å². The quantitative estimate of drug-likeness (QED) is 0.681. The summed E-state index contributed by atoms with van der Waals surface area (Å²) < 4.78 is 0. The Labute approximate surface area is 93.2 Å². The van der Waals surface area contributed by atoms with E-state index in [2.05, 4.69) is 15.5 Å². The Bertz CT molecular complexity index is 403. The highest BCUT2D eigenvalue weighted by Gasteiger charge is 2.30. The monoisotopic (exact) mass is 224 g/mol. The first-order chi connectivity index (χ1) is 7.51. The summed E-state index contributed by atoms with van der Waals surface area (Å²) >= 11 is 0. The number of nitrogens with two attached hydrogens (primary N) is 1. The van der Waals surface area contributed by atoms with Crippen LogP contribution in [0.15, 0.2) is 16.9 Å². The van der Waals surface area contributed by atoms with E-state index in [4.69, 9.17) is 5.73 Å². The van der Waals surface area contributed by atoms with Crippen LogP contribution in [0.4, 0.5) is 5.82 Å². The summed E-state index contributed by atoms with van der Waals surface area (Å²) in [6.07, 6.45) is 1.08. The molecule has 0 spiro atoms. The minimum Gasteiger partial charge on any atom is -0.317 e. The van der Waals surface area contributed by atoms with E-state index in [1.807, 2.05) is 13.8 Å². The van der Waals surface area contributed by atoms with Gasteiger partial charge >= 0.3 is 0 Å². The van der Waals surface area contributed by atoms with Crippen molar-refractivity contribution < 1.29 is 4.79 Å². The van der Waals surface area contributed by atoms with Gasteiger partial charge in [-0.3, -0.25) is 9.59 Å². The predicted molar refractivity (Wildman–Crippen MR) is 61.0 cm³/mol. The second-order valence-electron chi connectivity index (χ2n) is 3.62. The lowest BCUT2D eigenvalue weighted by molar-refractivity contribution is -0.121. The standard InChI is InChI=1S/C10H16N4O2/c1-3-10(11,4-2)9(16)12-7-5-6-8(15)14-13-7/h5-6H,3-4,11H2,1-2H3,(H,14,15)(H,12,13,16). The molecule has 0 unspecified atom stereocenters. The number of rotatable bonds is 4. The normalized spacial score (nSPS) is 11.2. The second kappa shape index (κ2) is 4.89.